The Morgan fingerprint density at radius 1 is 1.18 bits per heavy atom. The summed E-state index contributed by atoms with van der Waals surface area (Å²) in [6, 6.07) is 7.56. The van der Waals surface area contributed by atoms with Crippen molar-refractivity contribution in [3.8, 4) is 5.75 Å². The summed E-state index contributed by atoms with van der Waals surface area (Å²) in [6.07, 6.45) is 1.20. The zero-order valence-corrected chi connectivity index (χ0v) is 16.0. The molecule has 0 aliphatic carbocycles. The average molecular weight is 383 g/mol. The van der Waals surface area contributed by atoms with Gasteiger partial charge in [0.15, 0.2) is 5.69 Å². The molecule has 8 heteroatoms. The van der Waals surface area contributed by atoms with Crippen molar-refractivity contribution >= 4 is 11.8 Å². The number of fused-ring (bicyclic) bond motifs is 1. The van der Waals surface area contributed by atoms with E-state index >= 15 is 0 Å². The molecule has 2 aromatic rings. The highest BCUT2D eigenvalue weighted by molar-refractivity contribution is 5.94. The minimum atomic E-state index is -0.0545. The number of hydrogen-bond donors (Lipinski definition) is 2. The van der Waals surface area contributed by atoms with Gasteiger partial charge in [0.05, 0.1) is 13.5 Å². The number of aromatic nitrogens is 2. The average Bonchev–Trinajstić information content (AvgIpc) is 3.17. The molecule has 4 rings (SSSR count). The van der Waals surface area contributed by atoms with E-state index in [9.17, 15) is 9.59 Å². The molecule has 3 heterocycles. The largest absolute Gasteiger partial charge is 0.497 e. The van der Waals surface area contributed by atoms with Gasteiger partial charge in [-0.1, -0.05) is 12.1 Å². The maximum absolute atomic E-state index is 12.9. The van der Waals surface area contributed by atoms with Gasteiger partial charge in [-0.25, -0.2) is 0 Å². The number of hydrogen-bond acceptors (Lipinski definition) is 5. The van der Waals surface area contributed by atoms with Crippen LogP contribution in [0.25, 0.3) is 0 Å². The molecule has 28 heavy (non-hydrogen) atoms. The molecule has 148 valence electrons. The third-order valence-electron chi connectivity index (χ3n) is 5.42. The fourth-order valence-corrected chi connectivity index (χ4v) is 3.78. The predicted molar refractivity (Wildman–Crippen MR) is 103 cm³/mol. The summed E-state index contributed by atoms with van der Waals surface area (Å²) in [6.45, 7) is 3.71. The molecular formula is C20H25N5O3. The van der Waals surface area contributed by atoms with Crippen LogP contribution in [0.2, 0.25) is 0 Å². The number of carbonyl (C=O) groups excluding carboxylic acids is 2. The second-order valence-corrected chi connectivity index (χ2v) is 7.16. The summed E-state index contributed by atoms with van der Waals surface area (Å²) >= 11 is 0. The molecule has 8 nitrogen and oxygen atoms in total. The first-order valence-electron chi connectivity index (χ1n) is 9.62. The lowest BCUT2D eigenvalue weighted by atomic mass is 10.1. The van der Waals surface area contributed by atoms with Crippen LogP contribution in [0.5, 0.6) is 5.75 Å². The fraction of sp³-hybridized carbons (Fsp3) is 0.450. The summed E-state index contributed by atoms with van der Waals surface area (Å²) in [7, 11) is 1.61. The SMILES string of the molecule is COc1cccc(CC(=O)N2CCN(C(=O)c3n[nH]c4c3CNCC4)CC2)c1. The van der Waals surface area contributed by atoms with Crippen LogP contribution in [0.1, 0.15) is 27.3 Å². The second kappa shape index (κ2) is 8.02. The third kappa shape index (κ3) is 3.73. The Balaban J connectivity index is 1.34. The van der Waals surface area contributed by atoms with Crippen LogP contribution in [0.3, 0.4) is 0 Å². The summed E-state index contributed by atoms with van der Waals surface area (Å²) in [5.74, 6) is 0.764. The first kappa shape index (κ1) is 18.5. The Kier molecular flexibility index (Phi) is 5.29. The van der Waals surface area contributed by atoms with Crippen molar-refractivity contribution in [2.75, 3.05) is 39.8 Å². The number of nitrogens with one attached hydrogen (secondary N) is 2. The number of rotatable bonds is 4. The number of aromatic amines is 1. The molecule has 0 unspecified atom stereocenters. The Bertz CT molecular complexity index is 870. The van der Waals surface area contributed by atoms with Crippen molar-refractivity contribution in [1.82, 2.24) is 25.3 Å². The lowest BCUT2D eigenvalue weighted by Crippen LogP contribution is -2.51. The van der Waals surface area contributed by atoms with Gasteiger partial charge in [0.25, 0.3) is 5.91 Å². The lowest BCUT2D eigenvalue weighted by Gasteiger charge is -2.34. The highest BCUT2D eigenvalue weighted by Crippen LogP contribution is 2.18. The molecular weight excluding hydrogens is 358 g/mol. The zero-order valence-electron chi connectivity index (χ0n) is 16.0. The normalized spacial score (nSPS) is 16.6. The molecule has 1 fully saturated rings. The van der Waals surface area contributed by atoms with Crippen LogP contribution in [0, 0.1) is 0 Å². The van der Waals surface area contributed by atoms with Gasteiger partial charge in [0, 0.05) is 56.9 Å². The maximum Gasteiger partial charge on any atom is 0.274 e. The van der Waals surface area contributed by atoms with E-state index in [1.54, 1.807) is 12.0 Å². The molecule has 2 aliphatic heterocycles. The first-order valence-corrected chi connectivity index (χ1v) is 9.62. The molecule has 1 saturated heterocycles. The minimum Gasteiger partial charge on any atom is -0.497 e. The standard InChI is InChI=1S/C20H25N5O3/c1-28-15-4-2-3-14(11-15)12-18(26)24-7-9-25(10-8-24)20(27)19-16-13-21-6-5-17(16)22-23-19/h2-4,11,21H,5-10,12-13H2,1H3,(H,22,23). The fourth-order valence-electron chi connectivity index (χ4n) is 3.78. The van der Waals surface area contributed by atoms with E-state index < -0.39 is 0 Å². The molecule has 2 N–H and O–H groups in total. The van der Waals surface area contributed by atoms with E-state index in [1.165, 1.54) is 0 Å². The van der Waals surface area contributed by atoms with Gasteiger partial charge < -0.3 is 19.9 Å². The van der Waals surface area contributed by atoms with Gasteiger partial charge >= 0.3 is 0 Å². The van der Waals surface area contributed by atoms with Crippen molar-refractivity contribution < 1.29 is 14.3 Å². The lowest BCUT2D eigenvalue weighted by molar-refractivity contribution is -0.131. The molecule has 1 aromatic heterocycles. The van der Waals surface area contributed by atoms with Crippen molar-refractivity contribution in [3.63, 3.8) is 0 Å². The molecule has 0 bridgehead atoms. The Hall–Kier alpha value is -2.87. The second-order valence-electron chi connectivity index (χ2n) is 7.16. The summed E-state index contributed by atoms with van der Waals surface area (Å²) in [5, 5.41) is 10.5. The number of benzene rings is 1. The summed E-state index contributed by atoms with van der Waals surface area (Å²) < 4.78 is 5.22. The number of H-pyrrole nitrogens is 1. The highest BCUT2D eigenvalue weighted by Gasteiger charge is 2.29. The number of methoxy groups -OCH3 is 1. The van der Waals surface area contributed by atoms with Crippen molar-refractivity contribution in [3.05, 3.63) is 46.8 Å². The number of ether oxygens (including phenoxy) is 1. The number of nitrogens with zero attached hydrogens (tertiary/aromatic N) is 3. The molecule has 2 amide bonds. The third-order valence-corrected chi connectivity index (χ3v) is 5.42. The van der Waals surface area contributed by atoms with Crippen LogP contribution >= 0.6 is 0 Å². The van der Waals surface area contributed by atoms with Gasteiger partial charge in [-0.3, -0.25) is 14.7 Å². The Labute approximate surface area is 163 Å². The topological polar surface area (TPSA) is 90.6 Å². The van der Waals surface area contributed by atoms with E-state index in [4.69, 9.17) is 4.74 Å². The Morgan fingerprint density at radius 3 is 2.75 bits per heavy atom. The van der Waals surface area contributed by atoms with Crippen LogP contribution in [-0.2, 0) is 24.2 Å². The highest BCUT2D eigenvalue weighted by atomic mass is 16.5. The molecule has 0 spiro atoms. The van der Waals surface area contributed by atoms with Crippen LogP contribution < -0.4 is 10.1 Å². The van der Waals surface area contributed by atoms with Crippen LogP contribution in [0.15, 0.2) is 24.3 Å². The van der Waals surface area contributed by atoms with E-state index in [0.717, 1.165) is 35.5 Å². The Morgan fingerprint density at radius 2 is 1.96 bits per heavy atom. The van der Waals surface area contributed by atoms with E-state index in [2.05, 4.69) is 15.5 Å². The molecule has 0 saturated carbocycles. The predicted octanol–water partition coefficient (Wildman–Crippen LogP) is 0.591. The summed E-state index contributed by atoms with van der Waals surface area (Å²) in [5.41, 5.74) is 3.47. The van der Waals surface area contributed by atoms with Gasteiger partial charge in [-0.15, -0.1) is 0 Å². The smallest absolute Gasteiger partial charge is 0.274 e. The minimum absolute atomic E-state index is 0.0545. The van der Waals surface area contributed by atoms with Crippen LogP contribution in [0.4, 0.5) is 0 Å². The van der Waals surface area contributed by atoms with Gasteiger partial charge in [-0.2, -0.15) is 5.10 Å². The number of piperazine rings is 1. The van der Waals surface area contributed by atoms with E-state index in [1.807, 2.05) is 29.2 Å². The monoisotopic (exact) mass is 383 g/mol. The quantitative estimate of drug-likeness (QED) is 0.807. The number of carbonyl (C=O) groups is 2. The van der Waals surface area contributed by atoms with Crippen molar-refractivity contribution in [2.24, 2.45) is 0 Å². The maximum atomic E-state index is 12.9. The molecule has 2 aliphatic rings. The molecule has 0 atom stereocenters. The number of amides is 2. The molecule has 1 aromatic carbocycles. The van der Waals surface area contributed by atoms with E-state index in [-0.39, 0.29) is 11.8 Å². The van der Waals surface area contributed by atoms with Crippen LogP contribution in [-0.4, -0.2) is 71.6 Å². The van der Waals surface area contributed by atoms with Gasteiger partial charge in [0.2, 0.25) is 5.91 Å². The zero-order chi connectivity index (χ0) is 19.5. The summed E-state index contributed by atoms with van der Waals surface area (Å²) in [4.78, 5) is 29.1. The molecule has 0 radical (unpaired) electrons. The van der Waals surface area contributed by atoms with Gasteiger partial charge in [-0.05, 0) is 17.7 Å². The van der Waals surface area contributed by atoms with Crippen molar-refractivity contribution in [1.29, 1.82) is 0 Å². The van der Waals surface area contributed by atoms with Crippen molar-refractivity contribution in [2.45, 2.75) is 19.4 Å². The van der Waals surface area contributed by atoms with Gasteiger partial charge in [0.1, 0.15) is 5.75 Å². The van der Waals surface area contributed by atoms with E-state index in [0.29, 0.717) is 44.8 Å². The first-order chi connectivity index (χ1) is 13.7.